The van der Waals surface area contributed by atoms with Gasteiger partial charge in [-0.25, -0.2) is 0 Å². The van der Waals surface area contributed by atoms with E-state index >= 15 is 0 Å². The standard InChI is InChI=1S/C14H11Cl2NO2.Zn/c15-10-5-3-6-11(16)14(10)17-12-7-2-1-4-9(12)8-13(18)19;/h1-7,17H,8H2,(H,18,19);. The Labute approximate surface area is 139 Å². The third kappa shape index (κ3) is 4.21. The molecule has 0 atom stereocenters. The summed E-state index contributed by atoms with van der Waals surface area (Å²) in [5.41, 5.74) is 1.93. The number of rotatable bonds is 4. The van der Waals surface area contributed by atoms with Gasteiger partial charge in [-0.3, -0.25) is 4.79 Å². The Kier molecular flexibility index (Phi) is 6.47. The average molecular weight is 362 g/mol. The number of benzene rings is 2. The van der Waals surface area contributed by atoms with Crippen LogP contribution in [0.1, 0.15) is 5.56 Å². The van der Waals surface area contributed by atoms with Crippen LogP contribution in [-0.4, -0.2) is 11.1 Å². The third-order valence-electron chi connectivity index (χ3n) is 2.58. The Balaban J connectivity index is 0.00000200. The number of hydrogen-bond donors (Lipinski definition) is 2. The van der Waals surface area contributed by atoms with Gasteiger partial charge in [-0.05, 0) is 23.8 Å². The Hall–Kier alpha value is -1.09. The van der Waals surface area contributed by atoms with Crippen molar-refractivity contribution in [2.24, 2.45) is 0 Å². The van der Waals surface area contributed by atoms with Crippen LogP contribution in [0.25, 0.3) is 0 Å². The molecule has 0 aromatic heterocycles. The summed E-state index contributed by atoms with van der Waals surface area (Å²) >= 11 is 12.1. The van der Waals surface area contributed by atoms with E-state index in [-0.39, 0.29) is 25.9 Å². The second-order valence-corrected chi connectivity index (χ2v) is 4.76. The van der Waals surface area contributed by atoms with Crippen LogP contribution < -0.4 is 5.32 Å². The van der Waals surface area contributed by atoms with Crippen LogP contribution in [0.15, 0.2) is 42.5 Å². The van der Waals surface area contributed by atoms with E-state index in [2.05, 4.69) is 5.32 Å². The molecule has 2 rings (SSSR count). The molecule has 0 aliphatic carbocycles. The summed E-state index contributed by atoms with van der Waals surface area (Å²) < 4.78 is 0. The summed E-state index contributed by atoms with van der Waals surface area (Å²) in [6.45, 7) is 0. The topological polar surface area (TPSA) is 49.3 Å². The quantitative estimate of drug-likeness (QED) is 0.796. The zero-order valence-corrected chi connectivity index (χ0v) is 15.0. The van der Waals surface area contributed by atoms with Crippen LogP contribution in [0.4, 0.5) is 11.4 Å². The molecule has 0 unspecified atom stereocenters. The molecule has 0 aliphatic heterocycles. The SMILES string of the molecule is O=C(O)Cc1ccccc1Nc1c(Cl)cccc1Cl.[Zn]. The van der Waals surface area contributed by atoms with Crippen molar-refractivity contribution in [2.45, 2.75) is 6.42 Å². The normalized spacial score (nSPS) is 9.70. The van der Waals surface area contributed by atoms with Crippen LogP contribution in [0, 0.1) is 0 Å². The van der Waals surface area contributed by atoms with Gasteiger partial charge in [0.15, 0.2) is 0 Å². The zero-order valence-electron chi connectivity index (χ0n) is 10.6. The first kappa shape index (κ1) is 17.0. The van der Waals surface area contributed by atoms with Gasteiger partial charge in [0.2, 0.25) is 0 Å². The van der Waals surface area contributed by atoms with E-state index in [0.29, 0.717) is 27.0 Å². The van der Waals surface area contributed by atoms with Crippen molar-refractivity contribution in [3.05, 3.63) is 58.1 Å². The van der Waals surface area contributed by atoms with Crippen molar-refractivity contribution in [1.29, 1.82) is 0 Å². The number of para-hydroxylation sites is 2. The average Bonchev–Trinajstić information content (AvgIpc) is 2.35. The molecule has 0 aliphatic rings. The molecular formula is C14H11Cl2NO2Zn. The molecule has 6 heteroatoms. The molecule has 0 spiro atoms. The maximum atomic E-state index is 10.8. The summed E-state index contributed by atoms with van der Waals surface area (Å²) in [6, 6.07) is 12.3. The maximum absolute atomic E-state index is 10.8. The monoisotopic (exact) mass is 359 g/mol. The van der Waals surface area contributed by atoms with Gasteiger partial charge in [-0.2, -0.15) is 0 Å². The molecule has 0 heterocycles. The van der Waals surface area contributed by atoms with Gasteiger partial charge in [0.1, 0.15) is 0 Å². The molecular weight excluding hydrogens is 350 g/mol. The largest absolute Gasteiger partial charge is 0.481 e. The Morgan fingerprint density at radius 1 is 1.05 bits per heavy atom. The summed E-state index contributed by atoms with van der Waals surface area (Å²) in [5, 5.41) is 12.9. The first-order valence-corrected chi connectivity index (χ1v) is 6.34. The van der Waals surface area contributed by atoms with Crippen LogP contribution >= 0.6 is 23.2 Å². The second kappa shape index (κ2) is 7.63. The Bertz CT molecular complexity index is 600. The minimum absolute atomic E-state index is 0. The first-order chi connectivity index (χ1) is 9.08. The van der Waals surface area contributed by atoms with E-state index < -0.39 is 5.97 Å². The summed E-state index contributed by atoms with van der Waals surface area (Å²) in [4.78, 5) is 10.8. The van der Waals surface area contributed by atoms with Crippen molar-refractivity contribution in [3.8, 4) is 0 Å². The molecule has 100 valence electrons. The molecule has 0 radical (unpaired) electrons. The van der Waals surface area contributed by atoms with Crippen molar-refractivity contribution < 1.29 is 29.4 Å². The number of hydrogen-bond acceptors (Lipinski definition) is 2. The Morgan fingerprint density at radius 2 is 1.65 bits per heavy atom. The number of aliphatic carboxylic acids is 1. The van der Waals surface area contributed by atoms with Crippen molar-refractivity contribution in [1.82, 2.24) is 0 Å². The Morgan fingerprint density at radius 3 is 2.25 bits per heavy atom. The second-order valence-electron chi connectivity index (χ2n) is 3.95. The fraction of sp³-hybridized carbons (Fsp3) is 0.0714. The molecule has 0 fully saturated rings. The van der Waals surface area contributed by atoms with Gasteiger partial charge in [0.25, 0.3) is 0 Å². The predicted molar refractivity (Wildman–Crippen MR) is 77.5 cm³/mol. The van der Waals surface area contributed by atoms with Crippen LogP contribution in [0.5, 0.6) is 0 Å². The number of nitrogens with one attached hydrogen (secondary N) is 1. The van der Waals surface area contributed by atoms with Gasteiger partial charge < -0.3 is 10.4 Å². The molecule has 0 saturated carbocycles. The fourth-order valence-electron chi connectivity index (χ4n) is 1.71. The summed E-state index contributed by atoms with van der Waals surface area (Å²) in [7, 11) is 0. The van der Waals surface area contributed by atoms with Gasteiger partial charge in [0.05, 0.1) is 22.2 Å². The first-order valence-electron chi connectivity index (χ1n) is 5.58. The molecule has 3 nitrogen and oxygen atoms in total. The number of carbonyl (C=O) groups is 1. The number of carboxylic acids is 1. The molecule has 0 bridgehead atoms. The molecule has 2 N–H and O–H groups in total. The van der Waals surface area contributed by atoms with Gasteiger partial charge in [-0.15, -0.1) is 0 Å². The van der Waals surface area contributed by atoms with E-state index in [9.17, 15) is 4.79 Å². The molecule has 0 amide bonds. The molecule has 20 heavy (non-hydrogen) atoms. The van der Waals surface area contributed by atoms with Crippen LogP contribution in [0.3, 0.4) is 0 Å². The smallest absolute Gasteiger partial charge is 0.307 e. The van der Waals surface area contributed by atoms with E-state index in [1.165, 1.54) is 0 Å². The van der Waals surface area contributed by atoms with Gasteiger partial charge >= 0.3 is 5.97 Å². The third-order valence-corrected chi connectivity index (χ3v) is 3.21. The van der Waals surface area contributed by atoms with Crippen molar-refractivity contribution in [2.75, 3.05) is 5.32 Å². The minimum atomic E-state index is -0.889. The zero-order chi connectivity index (χ0) is 13.8. The summed E-state index contributed by atoms with van der Waals surface area (Å²) in [6.07, 6.45) is -0.0642. The van der Waals surface area contributed by atoms with Gasteiger partial charge in [0, 0.05) is 25.2 Å². The van der Waals surface area contributed by atoms with Crippen molar-refractivity contribution >= 4 is 40.5 Å². The van der Waals surface area contributed by atoms with Crippen molar-refractivity contribution in [3.63, 3.8) is 0 Å². The molecule has 0 saturated heterocycles. The van der Waals surface area contributed by atoms with Crippen LogP contribution in [0.2, 0.25) is 10.0 Å². The number of halogens is 2. The van der Waals surface area contributed by atoms with Gasteiger partial charge in [-0.1, -0.05) is 47.5 Å². The van der Waals surface area contributed by atoms with E-state index in [1.807, 2.05) is 6.07 Å². The number of carboxylic acid groups (broad SMARTS) is 1. The maximum Gasteiger partial charge on any atom is 0.307 e. The fourth-order valence-corrected chi connectivity index (χ4v) is 2.20. The van der Waals surface area contributed by atoms with E-state index in [4.69, 9.17) is 28.3 Å². The van der Waals surface area contributed by atoms with E-state index in [1.54, 1.807) is 36.4 Å². The minimum Gasteiger partial charge on any atom is -0.481 e. The predicted octanol–water partition coefficient (Wildman–Crippen LogP) is 4.36. The number of anilines is 2. The summed E-state index contributed by atoms with van der Waals surface area (Å²) in [5.74, 6) is -0.889. The van der Waals surface area contributed by atoms with Crippen LogP contribution in [-0.2, 0) is 30.7 Å². The van der Waals surface area contributed by atoms with E-state index in [0.717, 1.165) is 0 Å². The molecule has 2 aromatic carbocycles. The molecule has 2 aromatic rings.